The van der Waals surface area contributed by atoms with Crippen molar-refractivity contribution in [2.24, 2.45) is 0 Å². The predicted octanol–water partition coefficient (Wildman–Crippen LogP) is 2.22. The molecule has 0 bridgehead atoms. The molecule has 202 valence electrons. The minimum Gasteiger partial charge on any atom is -0.395 e. The van der Waals surface area contributed by atoms with Gasteiger partial charge < -0.3 is 25.0 Å². The molecule has 0 radical (unpaired) electrons. The van der Waals surface area contributed by atoms with Crippen LogP contribution in [0.5, 0.6) is 0 Å². The lowest BCUT2D eigenvalue weighted by molar-refractivity contribution is 0.0526. The zero-order chi connectivity index (χ0) is 26.6. The van der Waals surface area contributed by atoms with Gasteiger partial charge in [-0.1, -0.05) is 13.1 Å². The molecule has 0 unspecified atom stereocenters. The second-order valence-electron chi connectivity index (χ2n) is 10.4. The largest absolute Gasteiger partial charge is 0.395 e. The molecule has 2 aliphatic rings. The van der Waals surface area contributed by atoms with Crippen LogP contribution in [0, 0.1) is 0 Å². The number of nitrogens with zero attached hydrogens (tertiary/aromatic N) is 4. The van der Waals surface area contributed by atoms with E-state index in [1.54, 1.807) is 30.5 Å². The summed E-state index contributed by atoms with van der Waals surface area (Å²) >= 11 is 0. The molecule has 13 heteroatoms. The van der Waals surface area contributed by atoms with E-state index in [0.717, 1.165) is 30.9 Å². The first-order valence-corrected chi connectivity index (χ1v) is 17.6. The molecule has 2 aliphatic heterocycles. The highest BCUT2D eigenvalue weighted by atomic mass is 32.2. The zero-order valence-corrected chi connectivity index (χ0v) is 23.4. The molecule has 0 spiro atoms. The number of benzene rings is 1. The van der Waals surface area contributed by atoms with E-state index in [4.69, 9.17) is 9.84 Å². The number of morpholine rings is 1. The third kappa shape index (κ3) is 7.18. The van der Waals surface area contributed by atoms with Crippen LogP contribution >= 0.6 is 0 Å². The molecule has 0 saturated carbocycles. The normalized spacial score (nSPS) is 19.9. The third-order valence-corrected chi connectivity index (χ3v) is 11.2. The summed E-state index contributed by atoms with van der Waals surface area (Å²) in [7, 11) is -4.94. The maximum atomic E-state index is 13.3. The molecule has 3 N–H and O–H groups in total. The number of aliphatic hydroxyl groups is 1. The Bertz CT molecular complexity index is 1220. The SMILES string of the molecule is C[C@H]1CN(c2nccc(C(=O)Nc3ccc(NS(=O)(=O)CCO)cc3N3CC[Si](C)(C)CC3)n2)CCO1. The summed E-state index contributed by atoms with van der Waals surface area (Å²) in [5, 5.41) is 12.0. The number of ether oxygens (including phenoxy) is 1. The van der Waals surface area contributed by atoms with Crippen molar-refractivity contribution >= 4 is 47.0 Å². The maximum absolute atomic E-state index is 13.3. The summed E-state index contributed by atoms with van der Waals surface area (Å²) in [6, 6.07) is 8.84. The molecule has 1 atom stereocenters. The van der Waals surface area contributed by atoms with Crippen LogP contribution < -0.4 is 19.8 Å². The van der Waals surface area contributed by atoms with Gasteiger partial charge in [0.2, 0.25) is 16.0 Å². The Morgan fingerprint density at radius 1 is 1.19 bits per heavy atom. The number of hydrogen-bond donors (Lipinski definition) is 3. The van der Waals surface area contributed by atoms with Crippen LogP contribution in [0.2, 0.25) is 25.2 Å². The molecule has 4 rings (SSSR count). The van der Waals surface area contributed by atoms with Crippen molar-refractivity contribution in [2.45, 2.75) is 38.2 Å². The molecule has 2 saturated heterocycles. The average molecular weight is 549 g/mol. The first-order chi connectivity index (χ1) is 17.5. The summed E-state index contributed by atoms with van der Waals surface area (Å²) in [4.78, 5) is 26.3. The van der Waals surface area contributed by atoms with Gasteiger partial charge in [0, 0.05) is 32.4 Å². The Labute approximate surface area is 219 Å². The van der Waals surface area contributed by atoms with Crippen molar-refractivity contribution in [2.75, 3.05) is 65.0 Å². The van der Waals surface area contributed by atoms with Gasteiger partial charge in [-0.2, -0.15) is 0 Å². The van der Waals surface area contributed by atoms with Gasteiger partial charge >= 0.3 is 0 Å². The smallest absolute Gasteiger partial charge is 0.274 e. The van der Waals surface area contributed by atoms with Gasteiger partial charge in [-0.05, 0) is 43.3 Å². The van der Waals surface area contributed by atoms with Gasteiger partial charge in [-0.15, -0.1) is 0 Å². The summed E-state index contributed by atoms with van der Waals surface area (Å²) in [6.45, 7) is 9.81. The number of carbonyl (C=O) groups excluding carboxylic acids is 1. The second kappa shape index (κ2) is 11.3. The van der Waals surface area contributed by atoms with Crippen molar-refractivity contribution in [1.29, 1.82) is 0 Å². The second-order valence-corrected chi connectivity index (χ2v) is 17.5. The highest BCUT2D eigenvalue weighted by molar-refractivity contribution is 7.92. The van der Waals surface area contributed by atoms with E-state index >= 15 is 0 Å². The van der Waals surface area contributed by atoms with Crippen molar-refractivity contribution in [3.05, 3.63) is 36.2 Å². The Morgan fingerprint density at radius 3 is 2.65 bits per heavy atom. The highest BCUT2D eigenvalue weighted by Crippen LogP contribution is 2.34. The number of nitrogens with one attached hydrogen (secondary N) is 2. The van der Waals surface area contributed by atoms with Crippen LogP contribution in [-0.4, -0.2) is 88.7 Å². The number of carbonyl (C=O) groups is 1. The monoisotopic (exact) mass is 548 g/mol. The lowest BCUT2D eigenvalue weighted by Gasteiger charge is -2.38. The van der Waals surface area contributed by atoms with Gasteiger partial charge in [0.1, 0.15) is 5.69 Å². The number of aliphatic hydroxyl groups excluding tert-OH is 1. The number of amides is 1. The molecule has 2 aromatic rings. The number of hydrogen-bond acceptors (Lipinski definition) is 9. The van der Waals surface area contributed by atoms with E-state index in [1.807, 2.05) is 11.8 Å². The summed E-state index contributed by atoms with van der Waals surface area (Å²) < 4.78 is 32.6. The van der Waals surface area contributed by atoms with Crippen molar-refractivity contribution in [3.63, 3.8) is 0 Å². The van der Waals surface area contributed by atoms with E-state index < -0.39 is 24.7 Å². The summed E-state index contributed by atoms with van der Waals surface area (Å²) in [6.07, 6.45) is 1.64. The average Bonchev–Trinajstić information content (AvgIpc) is 2.85. The van der Waals surface area contributed by atoms with Crippen LogP contribution in [0.3, 0.4) is 0 Å². The maximum Gasteiger partial charge on any atom is 0.274 e. The van der Waals surface area contributed by atoms with Gasteiger partial charge in [-0.25, -0.2) is 18.4 Å². The number of anilines is 4. The van der Waals surface area contributed by atoms with E-state index in [2.05, 4.69) is 38.0 Å². The topological polar surface area (TPSA) is 137 Å². The molecule has 1 aromatic carbocycles. The molecular formula is C24H36N6O5SSi. The highest BCUT2D eigenvalue weighted by Gasteiger charge is 2.29. The van der Waals surface area contributed by atoms with E-state index in [0.29, 0.717) is 37.0 Å². The van der Waals surface area contributed by atoms with E-state index in [9.17, 15) is 13.2 Å². The zero-order valence-electron chi connectivity index (χ0n) is 21.6. The van der Waals surface area contributed by atoms with Gasteiger partial charge in [0.05, 0.1) is 50.2 Å². The van der Waals surface area contributed by atoms with Gasteiger partial charge in [-0.3, -0.25) is 9.52 Å². The fourth-order valence-corrected chi connectivity index (χ4v) is 7.31. The quantitative estimate of drug-likeness (QED) is 0.424. The van der Waals surface area contributed by atoms with E-state index in [1.165, 1.54) is 0 Å². The fourth-order valence-electron chi connectivity index (χ4n) is 4.48. The van der Waals surface area contributed by atoms with Gasteiger partial charge in [0.15, 0.2) is 0 Å². The van der Waals surface area contributed by atoms with Crippen LogP contribution in [0.1, 0.15) is 17.4 Å². The number of sulfonamides is 1. The van der Waals surface area contributed by atoms with Crippen molar-refractivity contribution < 1.29 is 23.1 Å². The van der Waals surface area contributed by atoms with E-state index in [-0.39, 0.29) is 23.5 Å². The summed E-state index contributed by atoms with van der Waals surface area (Å²) in [5.74, 6) is -0.270. The fraction of sp³-hybridized carbons (Fsp3) is 0.542. The van der Waals surface area contributed by atoms with Crippen LogP contribution in [-0.2, 0) is 14.8 Å². The minimum absolute atomic E-state index is 0.0586. The first-order valence-electron chi connectivity index (χ1n) is 12.6. The summed E-state index contributed by atoms with van der Waals surface area (Å²) in [5.41, 5.74) is 1.96. The van der Waals surface area contributed by atoms with Crippen LogP contribution in [0.25, 0.3) is 0 Å². The lowest BCUT2D eigenvalue weighted by Crippen LogP contribution is -2.43. The molecule has 3 heterocycles. The molecule has 2 fully saturated rings. The third-order valence-electron chi connectivity index (χ3n) is 6.74. The van der Waals surface area contributed by atoms with Crippen LogP contribution in [0.4, 0.5) is 23.0 Å². The number of rotatable bonds is 8. The molecule has 11 nitrogen and oxygen atoms in total. The molecule has 1 aromatic heterocycles. The van der Waals surface area contributed by atoms with Gasteiger partial charge in [0.25, 0.3) is 5.91 Å². The van der Waals surface area contributed by atoms with Crippen molar-refractivity contribution in [3.8, 4) is 0 Å². The van der Waals surface area contributed by atoms with Crippen molar-refractivity contribution in [1.82, 2.24) is 9.97 Å². The molecular weight excluding hydrogens is 512 g/mol. The first kappa shape index (κ1) is 27.3. The standard InChI is InChI=1S/C24H36N6O5SSi/c1-18-17-30(8-12-35-18)24-25-7-6-21(27-24)23(32)26-20-5-4-19(28-36(33,34)13-11-31)16-22(20)29-9-14-37(2,3)15-10-29/h4-7,16,18,28,31H,8-15,17H2,1-3H3,(H,26,32)/t18-/m0/s1. The molecule has 37 heavy (non-hydrogen) atoms. The number of aromatic nitrogens is 2. The Hall–Kier alpha value is -2.74. The Morgan fingerprint density at radius 2 is 1.95 bits per heavy atom. The molecule has 1 amide bonds. The Balaban J connectivity index is 1.58. The minimum atomic E-state index is -3.68. The molecule has 0 aliphatic carbocycles. The lowest BCUT2D eigenvalue weighted by atomic mass is 10.2. The Kier molecular flexibility index (Phi) is 8.36. The van der Waals surface area contributed by atoms with Crippen LogP contribution in [0.15, 0.2) is 30.5 Å². The predicted molar refractivity (Wildman–Crippen MR) is 148 cm³/mol.